The van der Waals surface area contributed by atoms with Gasteiger partial charge in [-0.3, -0.25) is 0 Å². The van der Waals surface area contributed by atoms with Crippen molar-refractivity contribution in [2.45, 2.75) is 37.2 Å². The van der Waals surface area contributed by atoms with Gasteiger partial charge in [0.1, 0.15) is 0 Å². The summed E-state index contributed by atoms with van der Waals surface area (Å²) in [6.07, 6.45) is 2.68. The van der Waals surface area contributed by atoms with Crippen LogP contribution >= 0.6 is 11.8 Å². The van der Waals surface area contributed by atoms with Gasteiger partial charge in [0.25, 0.3) is 0 Å². The normalized spacial score (nSPS) is 17.1. The highest BCUT2D eigenvalue weighted by Gasteiger charge is 2.19. The van der Waals surface area contributed by atoms with E-state index in [1.165, 1.54) is 23.3 Å². The van der Waals surface area contributed by atoms with Crippen LogP contribution < -0.4 is 5.32 Å². The quantitative estimate of drug-likeness (QED) is 0.731. The number of benzene rings is 1. The fourth-order valence-electron chi connectivity index (χ4n) is 1.54. The first-order chi connectivity index (χ1) is 8.28. The molecule has 1 atom stereocenters. The van der Waals surface area contributed by atoms with Crippen LogP contribution in [0.3, 0.4) is 0 Å². The number of nitrogens with one attached hydrogen (secondary N) is 1. The minimum Gasteiger partial charge on any atom is -0.396 e. The lowest BCUT2D eigenvalue weighted by Gasteiger charge is -2.08. The average Bonchev–Trinajstić information content (AvgIpc) is 3.18. The third-order valence-electron chi connectivity index (χ3n) is 2.94. The van der Waals surface area contributed by atoms with Crippen molar-refractivity contribution in [3.8, 4) is 0 Å². The maximum Gasteiger partial charge on any atom is 0.0464 e. The zero-order chi connectivity index (χ0) is 12.1. The second-order valence-corrected chi connectivity index (χ2v) is 5.99. The lowest BCUT2D eigenvalue weighted by molar-refractivity contribution is 0.250. The van der Waals surface area contributed by atoms with Crippen molar-refractivity contribution in [1.29, 1.82) is 0 Å². The molecule has 1 saturated carbocycles. The van der Waals surface area contributed by atoms with E-state index in [4.69, 9.17) is 5.11 Å². The van der Waals surface area contributed by atoms with Crippen LogP contribution in [0.2, 0.25) is 0 Å². The summed E-state index contributed by atoms with van der Waals surface area (Å²) < 4.78 is 0. The molecule has 0 spiro atoms. The standard InChI is InChI=1S/C14H21NOS/c1-11(9-16)10-17-14-6-2-12(3-7-14)8-15-13-4-5-13/h2-3,6-7,11,13,15-16H,4-5,8-10H2,1H3. The number of hydrogen-bond donors (Lipinski definition) is 2. The molecule has 1 aromatic carbocycles. The Labute approximate surface area is 108 Å². The summed E-state index contributed by atoms with van der Waals surface area (Å²) in [5, 5.41) is 12.5. The van der Waals surface area contributed by atoms with E-state index in [0.29, 0.717) is 5.92 Å². The second-order valence-electron chi connectivity index (χ2n) is 4.90. The van der Waals surface area contributed by atoms with Crippen molar-refractivity contribution in [3.63, 3.8) is 0 Å². The molecule has 0 radical (unpaired) electrons. The van der Waals surface area contributed by atoms with Crippen LogP contribution in [-0.2, 0) is 6.54 Å². The molecule has 0 bridgehead atoms. The molecular weight excluding hydrogens is 230 g/mol. The number of rotatable bonds is 7. The second kappa shape index (κ2) is 6.43. The van der Waals surface area contributed by atoms with Gasteiger partial charge in [0.15, 0.2) is 0 Å². The summed E-state index contributed by atoms with van der Waals surface area (Å²) in [4.78, 5) is 1.29. The fraction of sp³-hybridized carbons (Fsp3) is 0.571. The van der Waals surface area contributed by atoms with Gasteiger partial charge in [-0.2, -0.15) is 0 Å². The van der Waals surface area contributed by atoms with Gasteiger partial charge in [-0.25, -0.2) is 0 Å². The number of thioether (sulfide) groups is 1. The van der Waals surface area contributed by atoms with Crippen molar-refractivity contribution in [1.82, 2.24) is 5.32 Å². The number of aliphatic hydroxyl groups excluding tert-OH is 1. The molecule has 2 rings (SSSR count). The molecule has 1 aromatic rings. The fourth-order valence-corrected chi connectivity index (χ4v) is 2.46. The number of aliphatic hydroxyl groups is 1. The van der Waals surface area contributed by atoms with E-state index in [1.54, 1.807) is 0 Å². The van der Waals surface area contributed by atoms with Crippen LogP contribution in [0.25, 0.3) is 0 Å². The SMILES string of the molecule is CC(CO)CSc1ccc(CNC2CC2)cc1. The zero-order valence-electron chi connectivity index (χ0n) is 10.4. The van der Waals surface area contributed by atoms with Crippen LogP contribution in [0.4, 0.5) is 0 Å². The minimum absolute atomic E-state index is 0.274. The molecule has 1 unspecified atom stereocenters. The summed E-state index contributed by atoms with van der Waals surface area (Å²) in [5.74, 6) is 1.35. The largest absolute Gasteiger partial charge is 0.396 e. The highest BCUT2D eigenvalue weighted by Crippen LogP contribution is 2.22. The molecule has 94 valence electrons. The maximum atomic E-state index is 8.96. The Morgan fingerprint density at radius 2 is 2.06 bits per heavy atom. The van der Waals surface area contributed by atoms with Gasteiger partial charge in [-0.15, -0.1) is 11.8 Å². The maximum absolute atomic E-state index is 8.96. The van der Waals surface area contributed by atoms with Crippen molar-refractivity contribution >= 4 is 11.8 Å². The highest BCUT2D eigenvalue weighted by atomic mass is 32.2. The van der Waals surface area contributed by atoms with Crippen LogP contribution in [0.1, 0.15) is 25.3 Å². The van der Waals surface area contributed by atoms with E-state index in [2.05, 4.69) is 36.5 Å². The molecule has 1 fully saturated rings. The predicted molar refractivity (Wildman–Crippen MR) is 73.3 cm³/mol. The Morgan fingerprint density at radius 1 is 1.35 bits per heavy atom. The Kier molecular flexibility index (Phi) is 4.89. The third kappa shape index (κ3) is 4.70. The van der Waals surface area contributed by atoms with Crippen molar-refractivity contribution < 1.29 is 5.11 Å². The molecule has 2 N–H and O–H groups in total. The molecular formula is C14H21NOS. The highest BCUT2D eigenvalue weighted by molar-refractivity contribution is 7.99. The molecule has 0 heterocycles. The molecule has 1 aliphatic carbocycles. The molecule has 0 aliphatic heterocycles. The molecule has 2 nitrogen and oxygen atoms in total. The number of hydrogen-bond acceptors (Lipinski definition) is 3. The first kappa shape index (κ1) is 12.9. The van der Waals surface area contributed by atoms with Gasteiger partial charge in [0.2, 0.25) is 0 Å². The molecule has 1 aliphatic rings. The van der Waals surface area contributed by atoms with Crippen LogP contribution in [0.5, 0.6) is 0 Å². The first-order valence-electron chi connectivity index (χ1n) is 6.34. The van der Waals surface area contributed by atoms with Gasteiger partial charge in [-0.1, -0.05) is 19.1 Å². The van der Waals surface area contributed by atoms with E-state index < -0.39 is 0 Å². The first-order valence-corrected chi connectivity index (χ1v) is 7.32. The summed E-state index contributed by atoms with van der Waals surface area (Å²) in [5.41, 5.74) is 1.36. The van der Waals surface area contributed by atoms with Gasteiger partial charge in [-0.05, 0) is 36.5 Å². The third-order valence-corrected chi connectivity index (χ3v) is 4.28. The van der Waals surface area contributed by atoms with E-state index in [-0.39, 0.29) is 6.61 Å². The van der Waals surface area contributed by atoms with Gasteiger partial charge in [0.05, 0.1) is 0 Å². The van der Waals surface area contributed by atoms with Crippen LogP contribution in [-0.4, -0.2) is 23.5 Å². The molecule has 0 aromatic heterocycles. The molecule has 0 amide bonds. The summed E-state index contributed by atoms with van der Waals surface area (Å²) in [7, 11) is 0. The van der Waals surface area contributed by atoms with Crippen molar-refractivity contribution in [2.75, 3.05) is 12.4 Å². The Hall–Kier alpha value is -0.510. The summed E-state index contributed by atoms with van der Waals surface area (Å²) in [6.45, 7) is 3.33. The Balaban J connectivity index is 1.75. The smallest absolute Gasteiger partial charge is 0.0464 e. The topological polar surface area (TPSA) is 32.3 Å². The van der Waals surface area contributed by atoms with Crippen molar-refractivity contribution in [2.24, 2.45) is 5.92 Å². The summed E-state index contributed by atoms with van der Waals surface area (Å²) in [6, 6.07) is 9.52. The Morgan fingerprint density at radius 3 is 2.65 bits per heavy atom. The van der Waals surface area contributed by atoms with E-state index >= 15 is 0 Å². The summed E-state index contributed by atoms with van der Waals surface area (Å²) >= 11 is 1.82. The zero-order valence-corrected chi connectivity index (χ0v) is 11.2. The van der Waals surface area contributed by atoms with E-state index in [0.717, 1.165) is 18.3 Å². The van der Waals surface area contributed by atoms with E-state index in [9.17, 15) is 0 Å². The van der Waals surface area contributed by atoms with Crippen LogP contribution in [0.15, 0.2) is 29.2 Å². The average molecular weight is 251 g/mol. The van der Waals surface area contributed by atoms with Crippen LogP contribution in [0, 0.1) is 5.92 Å². The van der Waals surface area contributed by atoms with E-state index in [1.807, 2.05) is 11.8 Å². The van der Waals surface area contributed by atoms with Gasteiger partial charge in [0, 0.05) is 29.8 Å². The monoisotopic (exact) mass is 251 g/mol. The predicted octanol–water partition coefficient (Wildman–Crippen LogP) is 2.66. The Bertz CT molecular complexity index is 335. The van der Waals surface area contributed by atoms with Gasteiger partial charge >= 0.3 is 0 Å². The lowest BCUT2D eigenvalue weighted by atomic mass is 10.2. The van der Waals surface area contributed by atoms with Crippen molar-refractivity contribution in [3.05, 3.63) is 29.8 Å². The minimum atomic E-state index is 0.274. The van der Waals surface area contributed by atoms with Gasteiger partial charge < -0.3 is 10.4 Å². The molecule has 17 heavy (non-hydrogen) atoms. The lowest BCUT2D eigenvalue weighted by Crippen LogP contribution is -2.15. The molecule has 3 heteroatoms. The molecule has 0 saturated heterocycles.